The summed E-state index contributed by atoms with van der Waals surface area (Å²) in [5.74, 6) is 2.70. The lowest BCUT2D eigenvalue weighted by Crippen LogP contribution is -2.47. The molecule has 0 N–H and O–H groups in total. The fraction of sp³-hybridized carbons (Fsp3) is 0.353. The Labute approximate surface area is 156 Å². The van der Waals surface area contributed by atoms with Crippen LogP contribution in [0.1, 0.15) is 5.69 Å². The predicted molar refractivity (Wildman–Crippen MR) is 102 cm³/mol. The Bertz CT molecular complexity index is 888. The number of thioether (sulfide) groups is 1. The van der Waals surface area contributed by atoms with Crippen molar-refractivity contribution in [1.82, 2.24) is 29.7 Å². The maximum absolute atomic E-state index is 4.59. The Balaban J connectivity index is 1.46. The van der Waals surface area contributed by atoms with E-state index in [9.17, 15) is 0 Å². The largest absolute Gasteiger partial charge is 0.353 e. The summed E-state index contributed by atoms with van der Waals surface area (Å²) in [6.07, 6.45) is 7.33. The van der Waals surface area contributed by atoms with E-state index in [4.69, 9.17) is 0 Å². The van der Waals surface area contributed by atoms with Crippen molar-refractivity contribution in [2.45, 2.75) is 12.1 Å². The maximum atomic E-state index is 4.59. The van der Waals surface area contributed by atoms with Gasteiger partial charge in [-0.1, -0.05) is 11.8 Å². The lowest BCUT2D eigenvalue weighted by Gasteiger charge is -2.36. The predicted octanol–water partition coefficient (Wildman–Crippen LogP) is 1.81. The van der Waals surface area contributed by atoms with Gasteiger partial charge in [-0.3, -0.25) is 0 Å². The van der Waals surface area contributed by atoms with E-state index >= 15 is 0 Å². The monoisotopic (exact) mass is 368 g/mol. The van der Waals surface area contributed by atoms with Crippen LogP contribution >= 0.6 is 11.8 Å². The van der Waals surface area contributed by atoms with Crippen LogP contribution in [0.25, 0.3) is 5.82 Å². The number of nitrogens with zero attached hydrogens (tertiary/aromatic N) is 8. The SMILES string of the molecule is CSc1nccc(N2CCN(c3cc(-n4ccc(C)n4)ncn3)CC2)n1. The standard InChI is InChI=1S/C17H20N8S/c1-13-4-6-25(22-13)16-11-15(19-12-20-16)24-9-7-23(8-10-24)14-3-5-18-17(21-14)26-2/h3-6,11-12H,7-10H2,1-2H3. The van der Waals surface area contributed by atoms with E-state index in [2.05, 4.69) is 34.8 Å². The molecular weight excluding hydrogens is 348 g/mol. The Kier molecular flexibility index (Phi) is 4.70. The normalized spacial score (nSPS) is 14.7. The highest BCUT2D eigenvalue weighted by Crippen LogP contribution is 2.20. The summed E-state index contributed by atoms with van der Waals surface area (Å²) in [4.78, 5) is 22.2. The highest BCUT2D eigenvalue weighted by atomic mass is 32.2. The first-order valence-electron chi connectivity index (χ1n) is 8.44. The molecule has 1 aliphatic rings. The minimum atomic E-state index is 0.783. The lowest BCUT2D eigenvalue weighted by molar-refractivity contribution is 0.636. The van der Waals surface area contributed by atoms with Gasteiger partial charge in [-0.2, -0.15) is 5.10 Å². The average Bonchev–Trinajstić information content (AvgIpc) is 3.15. The molecule has 0 bridgehead atoms. The zero-order valence-electron chi connectivity index (χ0n) is 14.8. The number of anilines is 2. The van der Waals surface area contributed by atoms with E-state index in [0.717, 1.165) is 54.5 Å². The smallest absolute Gasteiger partial charge is 0.189 e. The summed E-state index contributed by atoms with van der Waals surface area (Å²) in [5, 5.41) is 5.22. The molecule has 1 saturated heterocycles. The van der Waals surface area contributed by atoms with E-state index in [0.29, 0.717) is 0 Å². The van der Waals surface area contributed by atoms with E-state index < -0.39 is 0 Å². The van der Waals surface area contributed by atoms with Crippen molar-refractivity contribution < 1.29 is 0 Å². The van der Waals surface area contributed by atoms with Gasteiger partial charge in [0.15, 0.2) is 11.0 Å². The second-order valence-electron chi connectivity index (χ2n) is 6.01. The van der Waals surface area contributed by atoms with Gasteiger partial charge in [-0.05, 0) is 25.3 Å². The van der Waals surface area contributed by atoms with Gasteiger partial charge in [-0.25, -0.2) is 24.6 Å². The molecule has 0 aliphatic carbocycles. The molecule has 9 heteroatoms. The fourth-order valence-electron chi connectivity index (χ4n) is 2.95. The Morgan fingerprint density at radius 3 is 2.35 bits per heavy atom. The number of aryl methyl sites for hydroxylation is 1. The van der Waals surface area contributed by atoms with Crippen LogP contribution in [0.2, 0.25) is 0 Å². The molecule has 0 unspecified atom stereocenters. The van der Waals surface area contributed by atoms with Crippen molar-refractivity contribution in [2.75, 3.05) is 42.2 Å². The molecule has 0 spiro atoms. The van der Waals surface area contributed by atoms with Gasteiger partial charge >= 0.3 is 0 Å². The van der Waals surface area contributed by atoms with Crippen LogP contribution in [0.5, 0.6) is 0 Å². The highest BCUT2D eigenvalue weighted by molar-refractivity contribution is 7.98. The molecule has 0 aromatic carbocycles. The molecule has 0 atom stereocenters. The molecular formula is C17H20N8S. The minimum absolute atomic E-state index is 0.783. The van der Waals surface area contributed by atoms with Crippen molar-refractivity contribution in [3.05, 3.63) is 42.6 Å². The third-order valence-electron chi connectivity index (χ3n) is 4.32. The zero-order chi connectivity index (χ0) is 17.9. The molecule has 134 valence electrons. The van der Waals surface area contributed by atoms with Crippen LogP contribution in [0.3, 0.4) is 0 Å². The van der Waals surface area contributed by atoms with Gasteiger partial charge in [0.25, 0.3) is 0 Å². The van der Waals surface area contributed by atoms with Crippen LogP contribution in [0, 0.1) is 6.92 Å². The van der Waals surface area contributed by atoms with Gasteiger partial charge in [-0.15, -0.1) is 0 Å². The Morgan fingerprint density at radius 2 is 1.65 bits per heavy atom. The molecule has 3 aromatic rings. The Hall–Kier alpha value is -2.68. The molecule has 4 heterocycles. The Morgan fingerprint density at radius 1 is 0.923 bits per heavy atom. The van der Waals surface area contributed by atoms with Crippen molar-refractivity contribution in [1.29, 1.82) is 0 Å². The quantitative estimate of drug-likeness (QED) is 0.510. The zero-order valence-corrected chi connectivity index (χ0v) is 15.6. The number of rotatable bonds is 4. The van der Waals surface area contributed by atoms with Gasteiger partial charge in [0.2, 0.25) is 0 Å². The highest BCUT2D eigenvalue weighted by Gasteiger charge is 2.20. The number of hydrogen-bond acceptors (Lipinski definition) is 8. The van der Waals surface area contributed by atoms with Crippen molar-refractivity contribution in [2.24, 2.45) is 0 Å². The minimum Gasteiger partial charge on any atom is -0.353 e. The maximum Gasteiger partial charge on any atom is 0.189 e. The average molecular weight is 368 g/mol. The van der Waals surface area contributed by atoms with E-state index in [1.54, 1.807) is 22.8 Å². The van der Waals surface area contributed by atoms with Gasteiger partial charge < -0.3 is 9.80 Å². The molecule has 8 nitrogen and oxygen atoms in total. The first kappa shape index (κ1) is 16.8. The number of hydrogen-bond donors (Lipinski definition) is 0. The second-order valence-corrected chi connectivity index (χ2v) is 6.79. The molecule has 3 aromatic heterocycles. The molecule has 1 fully saturated rings. The first-order chi connectivity index (χ1) is 12.7. The van der Waals surface area contributed by atoms with Gasteiger partial charge in [0.05, 0.1) is 5.69 Å². The van der Waals surface area contributed by atoms with Crippen LogP contribution in [-0.2, 0) is 0 Å². The molecule has 26 heavy (non-hydrogen) atoms. The van der Waals surface area contributed by atoms with Crippen LogP contribution in [0.15, 0.2) is 42.1 Å². The third kappa shape index (κ3) is 3.48. The van der Waals surface area contributed by atoms with Crippen molar-refractivity contribution in [3.63, 3.8) is 0 Å². The molecule has 4 rings (SSSR count). The molecule has 1 aliphatic heterocycles. The molecule has 0 amide bonds. The van der Waals surface area contributed by atoms with E-state index in [1.165, 1.54) is 0 Å². The van der Waals surface area contributed by atoms with Gasteiger partial charge in [0, 0.05) is 44.6 Å². The molecule has 0 saturated carbocycles. The second kappa shape index (κ2) is 7.28. The number of piperazine rings is 1. The van der Waals surface area contributed by atoms with Crippen LogP contribution in [-0.4, -0.2) is 62.2 Å². The summed E-state index contributed by atoms with van der Waals surface area (Å²) < 4.78 is 1.78. The van der Waals surface area contributed by atoms with Crippen molar-refractivity contribution in [3.8, 4) is 5.82 Å². The summed E-state index contributed by atoms with van der Waals surface area (Å²) in [6, 6.07) is 5.92. The summed E-state index contributed by atoms with van der Waals surface area (Å²) in [6.45, 7) is 5.52. The van der Waals surface area contributed by atoms with E-state index in [1.807, 2.05) is 43.8 Å². The summed E-state index contributed by atoms with van der Waals surface area (Å²) >= 11 is 1.56. The summed E-state index contributed by atoms with van der Waals surface area (Å²) in [5.41, 5.74) is 0.966. The van der Waals surface area contributed by atoms with Crippen LogP contribution in [0.4, 0.5) is 11.6 Å². The third-order valence-corrected chi connectivity index (χ3v) is 4.89. The topological polar surface area (TPSA) is 75.9 Å². The fourth-order valence-corrected chi connectivity index (χ4v) is 3.30. The number of aromatic nitrogens is 6. The van der Waals surface area contributed by atoms with Crippen molar-refractivity contribution >= 4 is 23.4 Å². The first-order valence-corrected chi connectivity index (χ1v) is 9.67. The van der Waals surface area contributed by atoms with E-state index in [-0.39, 0.29) is 0 Å². The summed E-state index contributed by atoms with van der Waals surface area (Å²) in [7, 11) is 0. The van der Waals surface area contributed by atoms with Gasteiger partial charge in [0.1, 0.15) is 18.0 Å². The van der Waals surface area contributed by atoms with Crippen LogP contribution < -0.4 is 9.80 Å². The lowest BCUT2D eigenvalue weighted by atomic mass is 10.3. The molecule has 0 radical (unpaired) electrons.